The number of amides is 2. The van der Waals surface area contributed by atoms with Gasteiger partial charge in [-0.3, -0.25) is 14.3 Å². The fourth-order valence-electron chi connectivity index (χ4n) is 2.97. The van der Waals surface area contributed by atoms with Gasteiger partial charge in [0.25, 0.3) is 5.91 Å². The average Bonchev–Trinajstić information content (AvgIpc) is 3.16. The van der Waals surface area contributed by atoms with Gasteiger partial charge in [-0.05, 0) is 18.4 Å². The highest BCUT2D eigenvalue weighted by Crippen LogP contribution is 2.14. The summed E-state index contributed by atoms with van der Waals surface area (Å²) >= 11 is 0. The molecule has 1 aromatic heterocycles. The summed E-state index contributed by atoms with van der Waals surface area (Å²) in [5.74, 6) is -0.164. The SMILES string of the molecule is Cn1nc(C(=O)NC2CCS(=O)(=O)C2)cc1NC(=O)CCc1ccccc1. The number of nitrogens with one attached hydrogen (secondary N) is 2. The zero-order chi connectivity index (χ0) is 19.4. The van der Waals surface area contributed by atoms with E-state index in [9.17, 15) is 18.0 Å². The van der Waals surface area contributed by atoms with Crippen LogP contribution in [0.4, 0.5) is 5.82 Å². The van der Waals surface area contributed by atoms with E-state index in [-0.39, 0.29) is 23.1 Å². The summed E-state index contributed by atoms with van der Waals surface area (Å²) in [6.45, 7) is 0. The van der Waals surface area contributed by atoms with Gasteiger partial charge in [-0.25, -0.2) is 8.42 Å². The second kappa shape index (κ2) is 7.91. The predicted octanol–water partition coefficient (Wildman–Crippen LogP) is 0.908. The number of carbonyl (C=O) groups is 2. The van der Waals surface area contributed by atoms with Crippen LogP contribution >= 0.6 is 0 Å². The molecule has 8 nitrogen and oxygen atoms in total. The van der Waals surface area contributed by atoms with Crippen LogP contribution in [-0.2, 0) is 28.1 Å². The Morgan fingerprint density at radius 2 is 2.00 bits per heavy atom. The van der Waals surface area contributed by atoms with Crippen LogP contribution in [0.1, 0.15) is 28.9 Å². The highest BCUT2D eigenvalue weighted by molar-refractivity contribution is 7.91. The number of nitrogens with zero attached hydrogens (tertiary/aromatic N) is 2. The molecule has 1 unspecified atom stereocenters. The lowest BCUT2D eigenvalue weighted by atomic mass is 10.1. The van der Waals surface area contributed by atoms with Gasteiger partial charge in [0.05, 0.1) is 11.5 Å². The standard InChI is InChI=1S/C18H22N4O4S/c1-22-16(20-17(23)8-7-13-5-3-2-4-6-13)11-15(21-22)18(24)19-14-9-10-27(25,26)12-14/h2-6,11,14H,7-10,12H2,1H3,(H,19,24)(H,20,23). The van der Waals surface area contributed by atoms with Crippen molar-refractivity contribution in [3.8, 4) is 0 Å². The van der Waals surface area contributed by atoms with E-state index in [1.165, 1.54) is 10.7 Å². The molecule has 2 aromatic rings. The molecule has 1 atom stereocenters. The predicted molar refractivity (Wildman–Crippen MR) is 101 cm³/mol. The van der Waals surface area contributed by atoms with Gasteiger partial charge >= 0.3 is 0 Å². The number of benzene rings is 1. The normalized spacial score (nSPS) is 18.2. The minimum atomic E-state index is -3.07. The van der Waals surface area contributed by atoms with Gasteiger partial charge in [0, 0.05) is 25.6 Å². The molecule has 1 aromatic carbocycles. The summed E-state index contributed by atoms with van der Waals surface area (Å²) < 4.78 is 24.4. The zero-order valence-electron chi connectivity index (χ0n) is 15.0. The third kappa shape index (κ3) is 5.16. The Balaban J connectivity index is 1.55. The second-order valence-electron chi connectivity index (χ2n) is 6.65. The first-order chi connectivity index (χ1) is 12.8. The van der Waals surface area contributed by atoms with Crippen LogP contribution in [0, 0.1) is 0 Å². The molecule has 0 saturated carbocycles. The lowest BCUT2D eigenvalue weighted by molar-refractivity contribution is -0.116. The molecule has 9 heteroatoms. The molecule has 27 heavy (non-hydrogen) atoms. The van der Waals surface area contributed by atoms with E-state index < -0.39 is 21.8 Å². The van der Waals surface area contributed by atoms with E-state index in [0.717, 1.165) is 5.56 Å². The fourth-order valence-corrected chi connectivity index (χ4v) is 4.64. The molecule has 0 spiro atoms. The molecule has 3 rings (SSSR count). The Labute approximate surface area is 157 Å². The van der Waals surface area contributed by atoms with Gasteiger partial charge < -0.3 is 10.6 Å². The van der Waals surface area contributed by atoms with Crippen molar-refractivity contribution in [2.45, 2.75) is 25.3 Å². The lowest BCUT2D eigenvalue weighted by Crippen LogP contribution is -2.35. The van der Waals surface area contributed by atoms with Gasteiger partial charge in [0.15, 0.2) is 15.5 Å². The van der Waals surface area contributed by atoms with E-state index in [1.54, 1.807) is 7.05 Å². The van der Waals surface area contributed by atoms with E-state index in [1.807, 2.05) is 30.3 Å². The Kier molecular flexibility index (Phi) is 5.59. The molecular weight excluding hydrogens is 368 g/mol. The minimum absolute atomic E-state index is 0.0470. The fraction of sp³-hybridized carbons (Fsp3) is 0.389. The molecule has 1 saturated heterocycles. The van der Waals surface area contributed by atoms with Crippen molar-refractivity contribution in [3.05, 3.63) is 47.7 Å². The van der Waals surface area contributed by atoms with Crippen molar-refractivity contribution in [3.63, 3.8) is 0 Å². The molecule has 2 amide bonds. The van der Waals surface area contributed by atoms with Gasteiger partial charge in [-0.15, -0.1) is 0 Å². The minimum Gasteiger partial charge on any atom is -0.347 e. The molecule has 0 radical (unpaired) electrons. The quantitative estimate of drug-likeness (QED) is 0.762. The van der Waals surface area contributed by atoms with Crippen molar-refractivity contribution >= 4 is 27.5 Å². The molecule has 1 aliphatic rings. The van der Waals surface area contributed by atoms with E-state index in [4.69, 9.17) is 0 Å². The number of aromatic nitrogens is 2. The summed E-state index contributed by atoms with van der Waals surface area (Å²) in [5, 5.41) is 9.53. The zero-order valence-corrected chi connectivity index (χ0v) is 15.8. The highest BCUT2D eigenvalue weighted by atomic mass is 32.2. The first-order valence-corrected chi connectivity index (χ1v) is 10.5. The van der Waals surface area contributed by atoms with Gasteiger partial charge in [0.2, 0.25) is 5.91 Å². The van der Waals surface area contributed by atoms with Gasteiger partial charge in [-0.1, -0.05) is 30.3 Å². The number of hydrogen-bond donors (Lipinski definition) is 2. The lowest BCUT2D eigenvalue weighted by Gasteiger charge is -2.08. The summed E-state index contributed by atoms with van der Waals surface area (Å²) in [4.78, 5) is 24.4. The molecule has 144 valence electrons. The van der Waals surface area contributed by atoms with Crippen molar-refractivity contribution in [2.24, 2.45) is 7.05 Å². The van der Waals surface area contributed by atoms with Crippen LogP contribution < -0.4 is 10.6 Å². The van der Waals surface area contributed by atoms with Crippen LogP contribution in [-0.4, -0.2) is 47.6 Å². The van der Waals surface area contributed by atoms with Crippen LogP contribution in [0.3, 0.4) is 0 Å². The molecule has 0 aliphatic carbocycles. The number of rotatable bonds is 6. The maximum absolute atomic E-state index is 12.3. The Morgan fingerprint density at radius 3 is 2.67 bits per heavy atom. The smallest absolute Gasteiger partial charge is 0.272 e. The maximum atomic E-state index is 12.3. The van der Waals surface area contributed by atoms with Crippen molar-refractivity contribution in [1.29, 1.82) is 0 Å². The number of carbonyl (C=O) groups excluding carboxylic acids is 2. The Morgan fingerprint density at radius 1 is 1.26 bits per heavy atom. The van der Waals surface area contributed by atoms with Crippen LogP contribution in [0.5, 0.6) is 0 Å². The topological polar surface area (TPSA) is 110 Å². The first-order valence-electron chi connectivity index (χ1n) is 8.71. The average molecular weight is 390 g/mol. The Bertz CT molecular complexity index is 938. The third-order valence-electron chi connectivity index (χ3n) is 4.43. The summed E-state index contributed by atoms with van der Waals surface area (Å²) in [6.07, 6.45) is 1.34. The summed E-state index contributed by atoms with van der Waals surface area (Å²) in [6, 6.07) is 10.8. The molecule has 2 heterocycles. The van der Waals surface area contributed by atoms with Crippen LogP contribution in [0.25, 0.3) is 0 Å². The molecule has 1 aliphatic heterocycles. The van der Waals surface area contributed by atoms with Crippen molar-refractivity contribution < 1.29 is 18.0 Å². The third-order valence-corrected chi connectivity index (χ3v) is 6.20. The molecule has 0 bridgehead atoms. The summed E-state index contributed by atoms with van der Waals surface area (Å²) in [5.41, 5.74) is 1.21. The van der Waals surface area contributed by atoms with E-state index in [2.05, 4.69) is 15.7 Å². The van der Waals surface area contributed by atoms with Crippen LogP contribution in [0.2, 0.25) is 0 Å². The van der Waals surface area contributed by atoms with E-state index in [0.29, 0.717) is 25.1 Å². The largest absolute Gasteiger partial charge is 0.347 e. The van der Waals surface area contributed by atoms with Crippen molar-refractivity contribution in [2.75, 3.05) is 16.8 Å². The second-order valence-corrected chi connectivity index (χ2v) is 8.87. The molecular formula is C18H22N4O4S. The number of aryl methyl sites for hydroxylation is 2. The van der Waals surface area contributed by atoms with Gasteiger partial charge in [-0.2, -0.15) is 5.10 Å². The monoisotopic (exact) mass is 390 g/mol. The molecule has 2 N–H and O–H groups in total. The number of anilines is 1. The number of hydrogen-bond acceptors (Lipinski definition) is 5. The summed E-state index contributed by atoms with van der Waals surface area (Å²) in [7, 11) is -1.44. The van der Waals surface area contributed by atoms with Gasteiger partial charge in [0.1, 0.15) is 5.82 Å². The molecule has 1 fully saturated rings. The van der Waals surface area contributed by atoms with Crippen molar-refractivity contribution in [1.82, 2.24) is 15.1 Å². The maximum Gasteiger partial charge on any atom is 0.272 e. The van der Waals surface area contributed by atoms with Crippen LogP contribution in [0.15, 0.2) is 36.4 Å². The van der Waals surface area contributed by atoms with E-state index >= 15 is 0 Å². The highest BCUT2D eigenvalue weighted by Gasteiger charge is 2.29. The Hall–Kier alpha value is -2.68. The first kappa shape index (κ1) is 19.1. The number of sulfone groups is 1.